The van der Waals surface area contributed by atoms with Crippen LogP contribution in [0.5, 0.6) is 5.75 Å². The van der Waals surface area contributed by atoms with E-state index in [4.69, 9.17) is 10.5 Å². The van der Waals surface area contributed by atoms with Crippen LogP contribution in [0.25, 0.3) is 10.9 Å². The van der Waals surface area contributed by atoms with Crippen molar-refractivity contribution < 1.29 is 19.4 Å². The van der Waals surface area contributed by atoms with E-state index >= 15 is 0 Å². The number of nitrogens with zero attached hydrogens (tertiary/aromatic N) is 1. The average Bonchev–Trinajstić information content (AvgIpc) is 3.02. The number of carbonyl (C=O) groups is 2. The molecule has 6 nitrogen and oxygen atoms in total. The largest absolute Gasteiger partial charge is 0.506 e. The minimum Gasteiger partial charge on any atom is -0.506 e. The van der Waals surface area contributed by atoms with Gasteiger partial charge in [-0.2, -0.15) is 0 Å². The molecule has 1 heterocycles. The molecule has 3 aromatic rings. The Labute approximate surface area is 157 Å². The maximum absolute atomic E-state index is 13.0. The minimum atomic E-state index is -0.220. The summed E-state index contributed by atoms with van der Waals surface area (Å²) in [6.45, 7) is 2.75. The zero-order valence-electron chi connectivity index (χ0n) is 15.1. The van der Waals surface area contributed by atoms with Crippen molar-refractivity contribution in [1.29, 1.82) is 0 Å². The van der Waals surface area contributed by atoms with Crippen LogP contribution in [0, 0.1) is 0 Å². The van der Waals surface area contributed by atoms with Crippen molar-refractivity contribution >= 4 is 28.3 Å². The highest BCUT2D eigenvalue weighted by Gasteiger charge is 2.17. The quantitative estimate of drug-likeness (QED) is 0.289. The lowest BCUT2D eigenvalue weighted by molar-refractivity contribution is -0.143. The van der Waals surface area contributed by atoms with E-state index in [1.807, 2.05) is 28.8 Å². The molecule has 140 valence electrons. The topological polar surface area (TPSA) is 94.5 Å². The first kappa shape index (κ1) is 18.5. The van der Waals surface area contributed by atoms with Crippen LogP contribution in [0.1, 0.15) is 35.7 Å². The fraction of sp³-hybridized carbons (Fsp3) is 0.238. The number of esters is 1. The first-order valence-corrected chi connectivity index (χ1v) is 8.88. The van der Waals surface area contributed by atoms with E-state index in [0.29, 0.717) is 37.1 Å². The Hall–Kier alpha value is -3.28. The standard InChI is InChI=1S/C21H22N2O4/c1-2-27-20(25)8-5-11-23-13-16(15-6-3-4-7-18(15)23)21(26)14-9-10-17(22)19(24)12-14/h3-4,6-7,9-10,12-13,24H,2,5,8,11,22H2,1H3. The third-order valence-electron chi connectivity index (χ3n) is 4.41. The van der Waals surface area contributed by atoms with Crippen LogP contribution in [-0.4, -0.2) is 28.0 Å². The van der Waals surface area contributed by atoms with Crippen molar-refractivity contribution in [2.45, 2.75) is 26.3 Å². The number of hydrogen-bond donors (Lipinski definition) is 2. The third kappa shape index (κ3) is 3.95. The molecule has 2 aromatic carbocycles. The Morgan fingerprint density at radius 2 is 1.96 bits per heavy atom. The predicted octanol–water partition coefficient (Wildman–Crippen LogP) is 3.50. The number of anilines is 1. The number of aromatic hydroxyl groups is 1. The van der Waals surface area contributed by atoms with Gasteiger partial charge in [0, 0.05) is 41.2 Å². The normalized spacial score (nSPS) is 10.9. The molecule has 0 radical (unpaired) electrons. The molecule has 0 aliphatic carbocycles. The van der Waals surface area contributed by atoms with Crippen molar-refractivity contribution in [3.63, 3.8) is 0 Å². The second-order valence-corrected chi connectivity index (χ2v) is 6.26. The molecule has 0 aliphatic heterocycles. The summed E-state index contributed by atoms with van der Waals surface area (Å²) < 4.78 is 6.92. The number of benzene rings is 2. The molecule has 0 bridgehead atoms. The molecule has 0 aliphatic rings. The van der Waals surface area contributed by atoms with Crippen LogP contribution in [0.2, 0.25) is 0 Å². The average molecular weight is 366 g/mol. The summed E-state index contributed by atoms with van der Waals surface area (Å²) in [5.74, 6) is -0.521. The summed E-state index contributed by atoms with van der Waals surface area (Å²) in [7, 11) is 0. The van der Waals surface area contributed by atoms with E-state index in [1.54, 1.807) is 19.2 Å². The highest BCUT2D eigenvalue weighted by molar-refractivity contribution is 6.16. The number of para-hydroxylation sites is 1. The van der Waals surface area contributed by atoms with Crippen molar-refractivity contribution in [1.82, 2.24) is 4.57 Å². The van der Waals surface area contributed by atoms with Crippen LogP contribution in [0.4, 0.5) is 5.69 Å². The Morgan fingerprint density at radius 3 is 2.70 bits per heavy atom. The summed E-state index contributed by atoms with van der Waals surface area (Å²) in [6, 6.07) is 12.1. The number of rotatable bonds is 7. The number of phenols is 1. The molecule has 0 unspecified atom stereocenters. The van der Waals surface area contributed by atoms with E-state index in [0.717, 1.165) is 10.9 Å². The van der Waals surface area contributed by atoms with Gasteiger partial charge in [-0.3, -0.25) is 9.59 Å². The van der Waals surface area contributed by atoms with Crippen LogP contribution in [-0.2, 0) is 16.1 Å². The molecular weight excluding hydrogens is 344 g/mol. The third-order valence-corrected chi connectivity index (χ3v) is 4.41. The number of fused-ring (bicyclic) bond motifs is 1. The fourth-order valence-electron chi connectivity index (χ4n) is 3.08. The smallest absolute Gasteiger partial charge is 0.305 e. The molecule has 0 spiro atoms. The molecule has 3 rings (SSSR count). The summed E-state index contributed by atoms with van der Waals surface area (Å²) in [5, 5.41) is 10.6. The first-order valence-electron chi connectivity index (χ1n) is 8.88. The molecule has 1 aromatic heterocycles. The van der Waals surface area contributed by atoms with Gasteiger partial charge in [-0.05, 0) is 37.6 Å². The van der Waals surface area contributed by atoms with Crippen LogP contribution < -0.4 is 5.73 Å². The summed E-state index contributed by atoms with van der Waals surface area (Å²) in [6.07, 6.45) is 2.74. The lowest BCUT2D eigenvalue weighted by Crippen LogP contribution is -2.06. The molecule has 27 heavy (non-hydrogen) atoms. The van der Waals surface area contributed by atoms with Gasteiger partial charge in [0.1, 0.15) is 5.75 Å². The van der Waals surface area contributed by atoms with Crippen molar-refractivity contribution in [2.24, 2.45) is 0 Å². The number of hydrogen-bond acceptors (Lipinski definition) is 5. The van der Waals surface area contributed by atoms with E-state index in [9.17, 15) is 14.7 Å². The van der Waals surface area contributed by atoms with Gasteiger partial charge in [0.2, 0.25) is 0 Å². The zero-order chi connectivity index (χ0) is 19.4. The molecular formula is C21H22N2O4. The molecule has 0 saturated heterocycles. The molecule has 0 fully saturated rings. The Balaban J connectivity index is 1.89. The maximum atomic E-state index is 13.0. The number of phenolic OH excluding ortho intramolecular Hbond substituents is 1. The number of aryl methyl sites for hydroxylation is 1. The van der Waals surface area contributed by atoms with Gasteiger partial charge in [0.05, 0.1) is 12.3 Å². The molecule has 6 heteroatoms. The highest BCUT2D eigenvalue weighted by Crippen LogP contribution is 2.27. The van der Waals surface area contributed by atoms with Gasteiger partial charge in [-0.25, -0.2) is 0 Å². The van der Waals surface area contributed by atoms with Gasteiger partial charge in [-0.1, -0.05) is 18.2 Å². The predicted molar refractivity (Wildman–Crippen MR) is 104 cm³/mol. The molecule has 0 atom stereocenters. The van der Waals surface area contributed by atoms with Crippen molar-refractivity contribution in [3.8, 4) is 5.75 Å². The number of nitrogens with two attached hydrogens (primary N) is 1. The van der Waals surface area contributed by atoms with Crippen LogP contribution in [0.15, 0.2) is 48.7 Å². The SMILES string of the molecule is CCOC(=O)CCCn1cc(C(=O)c2ccc(N)c(O)c2)c2ccccc21. The second-order valence-electron chi connectivity index (χ2n) is 6.26. The number of aromatic nitrogens is 1. The Kier molecular flexibility index (Phi) is 5.45. The second kappa shape index (κ2) is 7.95. The maximum Gasteiger partial charge on any atom is 0.305 e. The Morgan fingerprint density at radius 1 is 1.19 bits per heavy atom. The highest BCUT2D eigenvalue weighted by atomic mass is 16.5. The lowest BCUT2D eigenvalue weighted by Gasteiger charge is -2.05. The number of nitrogen functional groups attached to an aromatic ring is 1. The van der Waals surface area contributed by atoms with Crippen LogP contribution >= 0.6 is 0 Å². The van der Waals surface area contributed by atoms with Crippen LogP contribution in [0.3, 0.4) is 0 Å². The van der Waals surface area contributed by atoms with Crippen molar-refractivity contribution in [2.75, 3.05) is 12.3 Å². The number of ether oxygens (including phenoxy) is 1. The molecule has 3 N–H and O–H groups in total. The fourth-order valence-corrected chi connectivity index (χ4v) is 3.08. The first-order chi connectivity index (χ1) is 13.0. The minimum absolute atomic E-state index is 0.112. The van der Waals surface area contributed by atoms with E-state index in [1.165, 1.54) is 12.1 Å². The van der Waals surface area contributed by atoms with Crippen molar-refractivity contribution in [3.05, 3.63) is 59.8 Å². The van der Waals surface area contributed by atoms with Gasteiger partial charge < -0.3 is 20.1 Å². The van der Waals surface area contributed by atoms with Gasteiger partial charge in [0.15, 0.2) is 5.78 Å². The molecule has 0 amide bonds. The number of ketones is 1. The Bertz CT molecular complexity index is 991. The molecule has 0 saturated carbocycles. The summed E-state index contributed by atoms with van der Waals surface area (Å²) >= 11 is 0. The van der Waals surface area contributed by atoms with Gasteiger partial charge in [0.25, 0.3) is 0 Å². The number of carbonyl (C=O) groups excluding carboxylic acids is 2. The monoisotopic (exact) mass is 366 g/mol. The van der Waals surface area contributed by atoms with E-state index in [-0.39, 0.29) is 23.2 Å². The van der Waals surface area contributed by atoms with E-state index < -0.39 is 0 Å². The van der Waals surface area contributed by atoms with Gasteiger partial charge in [-0.15, -0.1) is 0 Å². The summed E-state index contributed by atoms with van der Waals surface area (Å²) in [4.78, 5) is 24.5. The summed E-state index contributed by atoms with van der Waals surface area (Å²) in [5.41, 5.74) is 7.69. The zero-order valence-corrected chi connectivity index (χ0v) is 15.1. The van der Waals surface area contributed by atoms with Gasteiger partial charge >= 0.3 is 5.97 Å². The lowest BCUT2D eigenvalue weighted by atomic mass is 10.0. The van der Waals surface area contributed by atoms with E-state index in [2.05, 4.69) is 0 Å².